The molecule has 2 aromatic rings. The molecule has 1 heterocycles. The molecule has 8 nitrogen and oxygen atoms in total. The first-order valence-electron chi connectivity index (χ1n) is 11.1. The Morgan fingerprint density at radius 3 is 2.71 bits per heavy atom. The van der Waals surface area contributed by atoms with Crippen LogP contribution >= 0.6 is 15.9 Å². The second kappa shape index (κ2) is 9.74. The number of pyridine rings is 1. The fourth-order valence-electron chi connectivity index (χ4n) is 4.58. The van der Waals surface area contributed by atoms with E-state index in [0.29, 0.717) is 48.4 Å². The van der Waals surface area contributed by atoms with E-state index < -0.39 is 11.5 Å². The fraction of sp³-hybridized carbons (Fsp3) is 0.440. The van der Waals surface area contributed by atoms with Crippen molar-refractivity contribution in [3.05, 3.63) is 42.6 Å². The van der Waals surface area contributed by atoms with Crippen molar-refractivity contribution in [2.45, 2.75) is 37.3 Å². The molecule has 0 spiro atoms. The summed E-state index contributed by atoms with van der Waals surface area (Å²) < 4.78 is 16.5. The molecule has 2 aliphatic carbocycles. The van der Waals surface area contributed by atoms with E-state index in [4.69, 9.17) is 14.2 Å². The molecule has 1 aromatic heterocycles. The molecule has 1 N–H and O–H groups in total. The average Bonchev–Trinajstić information content (AvgIpc) is 3.37. The number of fused-ring (bicyclic) bond motifs is 1. The third kappa shape index (κ3) is 4.53. The van der Waals surface area contributed by atoms with Gasteiger partial charge in [-0.2, -0.15) is 0 Å². The van der Waals surface area contributed by atoms with E-state index in [9.17, 15) is 14.4 Å². The molecule has 2 fully saturated rings. The van der Waals surface area contributed by atoms with Gasteiger partial charge in [0.15, 0.2) is 5.78 Å². The number of Topliss-reactive ketones (excluding diaryl/α,β-unsaturated/α-hetero) is 1. The summed E-state index contributed by atoms with van der Waals surface area (Å²) in [5.74, 6) is -0.0168. The summed E-state index contributed by atoms with van der Waals surface area (Å²) in [6.07, 6.45) is 3.78. The molecule has 4 rings (SSSR count). The predicted octanol–water partition coefficient (Wildman–Crippen LogP) is 3.60. The highest BCUT2D eigenvalue weighted by Gasteiger charge is 2.61. The Morgan fingerprint density at radius 2 is 2.06 bits per heavy atom. The first-order valence-corrected chi connectivity index (χ1v) is 12.2. The summed E-state index contributed by atoms with van der Waals surface area (Å²) in [5, 5.41) is 3.81. The minimum absolute atomic E-state index is 0.122. The number of carbonyl (C=O) groups excluding carboxylic acids is 3. The van der Waals surface area contributed by atoms with Crippen LogP contribution in [0.5, 0.6) is 11.5 Å². The number of methoxy groups -OCH3 is 2. The number of amides is 1. The van der Waals surface area contributed by atoms with E-state index in [0.717, 1.165) is 5.39 Å². The first-order chi connectivity index (χ1) is 16.3. The number of benzene rings is 1. The van der Waals surface area contributed by atoms with Crippen molar-refractivity contribution in [2.24, 2.45) is 11.8 Å². The van der Waals surface area contributed by atoms with Gasteiger partial charge in [-0.05, 0) is 37.8 Å². The van der Waals surface area contributed by atoms with Crippen molar-refractivity contribution >= 4 is 44.5 Å². The third-order valence-corrected chi connectivity index (χ3v) is 7.14. The highest BCUT2D eigenvalue weighted by atomic mass is 79.9. The SMILES string of the molecule is C=CC1C[C@]1(NC(=O)[C@H]1CCC(Oc2cc(C(=O)CBr)nc3cc(OC)ccc23)C1)C(=O)OC. The largest absolute Gasteiger partial charge is 0.497 e. The molecule has 2 unspecified atom stereocenters. The monoisotopic (exact) mass is 530 g/mol. The zero-order chi connectivity index (χ0) is 24.5. The van der Waals surface area contributed by atoms with Gasteiger partial charge in [-0.25, -0.2) is 9.78 Å². The molecule has 9 heteroatoms. The van der Waals surface area contributed by atoms with E-state index in [1.165, 1.54) is 7.11 Å². The van der Waals surface area contributed by atoms with E-state index >= 15 is 0 Å². The number of aromatic nitrogens is 1. The van der Waals surface area contributed by atoms with Crippen LogP contribution in [-0.4, -0.2) is 53.8 Å². The molecule has 2 aliphatic rings. The van der Waals surface area contributed by atoms with Crippen molar-refractivity contribution in [2.75, 3.05) is 19.5 Å². The summed E-state index contributed by atoms with van der Waals surface area (Å²) >= 11 is 3.20. The highest BCUT2D eigenvalue weighted by Crippen LogP contribution is 2.46. The maximum atomic E-state index is 13.0. The van der Waals surface area contributed by atoms with Gasteiger partial charge >= 0.3 is 5.97 Å². The number of hydrogen-bond acceptors (Lipinski definition) is 7. The van der Waals surface area contributed by atoms with Crippen molar-refractivity contribution in [1.29, 1.82) is 0 Å². The van der Waals surface area contributed by atoms with E-state index in [1.807, 2.05) is 12.1 Å². The zero-order valence-corrected chi connectivity index (χ0v) is 20.7. The van der Waals surface area contributed by atoms with Gasteiger partial charge in [0.2, 0.25) is 5.91 Å². The van der Waals surface area contributed by atoms with Crippen molar-refractivity contribution in [3.8, 4) is 11.5 Å². The Kier molecular flexibility index (Phi) is 6.93. The van der Waals surface area contributed by atoms with Gasteiger partial charge in [0.05, 0.1) is 31.2 Å². The number of halogens is 1. The van der Waals surface area contributed by atoms with Crippen LogP contribution in [0.1, 0.15) is 36.2 Å². The number of nitrogens with zero attached hydrogens (tertiary/aromatic N) is 1. The number of esters is 1. The van der Waals surface area contributed by atoms with E-state index in [1.54, 1.807) is 25.3 Å². The smallest absolute Gasteiger partial charge is 0.332 e. The lowest BCUT2D eigenvalue weighted by molar-refractivity contribution is -0.147. The molecular weight excluding hydrogens is 504 g/mol. The van der Waals surface area contributed by atoms with Gasteiger partial charge < -0.3 is 19.5 Å². The normalized spacial score (nSPS) is 25.4. The van der Waals surface area contributed by atoms with Crippen molar-refractivity contribution in [3.63, 3.8) is 0 Å². The number of hydrogen-bond donors (Lipinski definition) is 1. The standard InChI is InChI=1S/C25H27BrN2O6/c1-4-15-12-25(15,24(31)33-3)28-23(30)14-5-6-17(9-14)34-22-11-20(21(29)13-26)27-19-10-16(32-2)7-8-18(19)22/h4,7-8,10-11,14-15,17H,1,5-6,9,12-13H2,2-3H3,(H,28,30)/t14-,15?,17?,25+/m0/s1. The lowest BCUT2D eigenvalue weighted by Gasteiger charge is -2.20. The van der Waals surface area contributed by atoms with Crippen LogP contribution in [0.25, 0.3) is 10.9 Å². The molecule has 0 bridgehead atoms. The van der Waals surface area contributed by atoms with Crippen molar-refractivity contribution in [1.82, 2.24) is 10.3 Å². The lowest BCUT2D eigenvalue weighted by Crippen LogP contribution is -2.47. The second-order valence-corrected chi connectivity index (χ2v) is 9.25. The van der Waals surface area contributed by atoms with Crippen LogP contribution in [0, 0.1) is 11.8 Å². The molecule has 1 amide bonds. The summed E-state index contributed by atoms with van der Waals surface area (Å²) in [4.78, 5) is 42.0. The molecule has 0 saturated heterocycles. The number of nitrogens with one attached hydrogen (secondary N) is 1. The molecule has 180 valence electrons. The van der Waals surface area contributed by atoms with Gasteiger partial charge in [0.1, 0.15) is 22.7 Å². The molecular formula is C25H27BrN2O6. The Bertz CT molecular complexity index is 1150. The topological polar surface area (TPSA) is 104 Å². The molecule has 1 aromatic carbocycles. The van der Waals surface area contributed by atoms with Crippen LogP contribution in [-0.2, 0) is 14.3 Å². The minimum atomic E-state index is -1.00. The number of rotatable bonds is 9. The fourth-order valence-corrected chi connectivity index (χ4v) is 4.87. The summed E-state index contributed by atoms with van der Waals surface area (Å²) in [6, 6.07) is 7.07. The third-order valence-electron chi connectivity index (χ3n) is 6.63. The van der Waals surface area contributed by atoms with E-state index in [-0.39, 0.29) is 35.0 Å². The van der Waals surface area contributed by atoms with Gasteiger partial charge in [0, 0.05) is 29.4 Å². The summed E-state index contributed by atoms with van der Waals surface area (Å²) in [5.41, 5.74) is -0.112. The zero-order valence-electron chi connectivity index (χ0n) is 19.1. The first kappa shape index (κ1) is 24.2. The number of alkyl halides is 1. The van der Waals surface area contributed by atoms with E-state index in [2.05, 4.69) is 32.8 Å². The Hall–Kier alpha value is -2.94. The maximum absolute atomic E-state index is 13.0. The van der Waals surface area contributed by atoms with Crippen LogP contribution in [0.2, 0.25) is 0 Å². The number of carbonyl (C=O) groups is 3. The molecule has 2 saturated carbocycles. The van der Waals surface area contributed by atoms with Crippen LogP contribution < -0.4 is 14.8 Å². The van der Waals surface area contributed by atoms with Gasteiger partial charge in [-0.1, -0.05) is 22.0 Å². The van der Waals surface area contributed by atoms with Crippen LogP contribution in [0.3, 0.4) is 0 Å². The maximum Gasteiger partial charge on any atom is 0.332 e. The van der Waals surface area contributed by atoms with Gasteiger partial charge in [-0.15, -0.1) is 6.58 Å². The minimum Gasteiger partial charge on any atom is -0.497 e. The number of ketones is 1. The van der Waals surface area contributed by atoms with Crippen LogP contribution in [0.4, 0.5) is 0 Å². The highest BCUT2D eigenvalue weighted by molar-refractivity contribution is 9.09. The molecule has 0 aliphatic heterocycles. The van der Waals surface area contributed by atoms with Gasteiger partial charge in [0.25, 0.3) is 0 Å². The second-order valence-electron chi connectivity index (χ2n) is 8.69. The Morgan fingerprint density at radius 1 is 1.26 bits per heavy atom. The molecule has 4 atom stereocenters. The van der Waals surface area contributed by atoms with Crippen molar-refractivity contribution < 1.29 is 28.6 Å². The van der Waals surface area contributed by atoms with Gasteiger partial charge in [-0.3, -0.25) is 9.59 Å². The Labute approximate surface area is 206 Å². The molecule has 34 heavy (non-hydrogen) atoms. The lowest BCUT2D eigenvalue weighted by atomic mass is 10.1. The van der Waals surface area contributed by atoms with Crippen LogP contribution in [0.15, 0.2) is 36.9 Å². The quantitative estimate of drug-likeness (QED) is 0.228. The number of ether oxygens (including phenoxy) is 3. The predicted molar refractivity (Wildman–Crippen MR) is 129 cm³/mol. The summed E-state index contributed by atoms with van der Waals surface area (Å²) in [7, 11) is 2.89. The molecule has 0 radical (unpaired) electrons. The summed E-state index contributed by atoms with van der Waals surface area (Å²) in [6.45, 7) is 3.74. The average molecular weight is 531 g/mol. The Balaban J connectivity index is 1.50.